The third-order valence-electron chi connectivity index (χ3n) is 5.80. The molecule has 3 aromatic rings. The molecule has 1 fully saturated rings. The van der Waals surface area contributed by atoms with Crippen LogP contribution in [0.15, 0.2) is 60.7 Å². The number of likely N-dealkylation sites (tertiary alicyclic amines) is 1. The Morgan fingerprint density at radius 3 is 2.70 bits per heavy atom. The van der Waals surface area contributed by atoms with Crippen LogP contribution in [0.4, 0.5) is 0 Å². The zero-order chi connectivity index (χ0) is 22.5. The minimum absolute atomic E-state index is 0. The van der Waals surface area contributed by atoms with Crippen LogP contribution in [0.3, 0.4) is 0 Å². The monoisotopic (exact) mass is 486 g/mol. The van der Waals surface area contributed by atoms with E-state index in [9.17, 15) is 4.79 Å². The van der Waals surface area contributed by atoms with E-state index < -0.39 is 0 Å². The quantitative estimate of drug-likeness (QED) is 0.265. The number of hydrogen-bond donors (Lipinski definition) is 0. The van der Waals surface area contributed by atoms with Gasteiger partial charge in [-0.1, -0.05) is 55.8 Å². The number of carbonyl (C=O) groups excluding carboxylic acids is 1. The van der Waals surface area contributed by atoms with E-state index in [2.05, 4.69) is 29.8 Å². The first-order valence-corrected chi connectivity index (χ1v) is 11.3. The molecule has 4 rings (SSSR count). The van der Waals surface area contributed by atoms with Crippen LogP contribution in [-0.2, 0) is 11.3 Å². The second-order valence-corrected chi connectivity index (χ2v) is 8.77. The van der Waals surface area contributed by atoms with Crippen molar-refractivity contribution in [2.75, 3.05) is 13.1 Å². The second-order valence-electron chi connectivity index (χ2n) is 8.38. The highest BCUT2D eigenvalue weighted by molar-refractivity contribution is 6.29. The molecule has 0 bridgehead atoms. The molecule has 1 aromatic heterocycles. The molecule has 1 atom stereocenters. The van der Waals surface area contributed by atoms with E-state index in [-0.39, 0.29) is 18.3 Å². The minimum Gasteiger partial charge on any atom is -0.457 e. The fourth-order valence-corrected chi connectivity index (χ4v) is 4.43. The molecule has 0 radical (unpaired) electrons. The van der Waals surface area contributed by atoms with E-state index in [0.29, 0.717) is 29.0 Å². The fraction of sp³-hybridized carbons (Fsp3) is 0.308. The summed E-state index contributed by atoms with van der Waals surface area (Å²) in [5, 5.41) is 0.509. The van der Waals surface area contributed by atoms with Crippen LogP contribution in [-0.4, -0.2) is 29.4 Å². The van der Waals surface area contributed by atoms with Gasteiger partial charge >= 0.3 is 0 Å². The van der Waals surface area contributed by atoms with Crippen LogP contribution in [0.25, 0.3) is 0 Å². The average molecular weight is 487 g/mol. The van der Waals surface area contributed by atoms with Crippen molar-refractivity contribution in [3.05, 3.63) is 82.6 Å². The largest absolute Gasteiger partial charge is 0.457 e. The van der Waals surface area contributed by atoms with Crippen LogP contribution < -0.4 is 9.47 Å². The molecule has 2 heterocycles. The number of halogens is 2. The molecule has 0 N–H and O–H groups in total. The molecule has 1 aliphatic rings. The number of carbonyl (C=O) groups is 1. The van der Waals surface area contributed by atoms with Gasteiger partial charge in [-0.15, -0.1) is 12.4 Å². The molecule has 0 amide bonds. The Bertz CT molecular complexity index is 1090. The van der Waals surface area contributed by atoms with Crippen molar-refractivity contribution in [1.82, 2.24) is 9.88 Å². The first kappa shape index (κ1) is 25.0. The standard InChI is InChI=1S/C26H27ClN2O3.ClH/c1-18(2)22-7-3-4-8-24(22)32-21-10-11-23(25(14-21)31-17-30)19-12-13-29(15-19)16-20-6-5-9-26(27)28-20;/h3-11,14,17-19H,12-13,15-16H2,1-2H3;1H. The summed E-state index contributed by atoms with van der Waals surface area (Å²) >= 11 is 6.02. The predicted octanol–water partition coefficient (Wildman–Crippen LogP) is 6.60. The molecular formula is C26H28Cl2N2O3. The van der Waals surface area contributed by atoms with Crippen molar-refractivity contribution in [1.29, 1.82) is 0 Å². The van der Waals surface area contributed by atoms with E-state index >= 15 is 0 Å². The number of ether oxygens (including phenoxy) is 2. The highest BCUT2D eigenvalue weighted by Crippen LogP contribution is 2.38. The maximum Gasteiger partial charge on any atom is 0.298 e. The number of rotatable bonds is 8. The SMILES string of the molecule is CC(C)c1ccccc1Oc1ccc(C2CCN(Cc3cccc(Cl)n3)C2)c(OC=O)c1.Cl. The lowest BCUT2D eigenvalue weighted by Gasteiger charge is -2.18. The molecule has 1 saturated heterocycles. The third kappa shape index (κ3) is 6.26. The normalized spacial score (nSPS) is 15.8. The lowest BCUT2D eigenvalue weighted by Crippen LogP contribution is -2.20. The van der Waals surface area contributed by atoms with E-state index in [1.54, 1.807) is 6.07 Å². The Morgan fingerprint density at radius 1 is 1.12 bits per heavy atom. The Balaban J connectivity index is 0.00000306. The molecule has 33 heavy (non-hydrogen) atoms. The maximum atomic E-state index is 11.2. The number of hydrogen-bond acceptors (Lipinski definition) is 5. The fourth-order valence-electron chi connectivity index (χ4n) is 4.24. The topological polar surface area (TPSA) is 51.7 Å². The van der Waals surface area contributed by atoms with E-state index in [4.69, 9.17) is 21.1 Å². The van der Waals surface area contributed by atoms with Gasteiger partial charge in [-0.2, -0.15) is 0 Å². The van der Waals surface area contributed by atoms with E-state index in [1.807, 2.05) is 48.5 Å². The van der Waals surface area contributed by atoms with Gasteiger partial charge in [0, 0.05) is 25.1 Å². The highest BCUT2D eigenvalue weighted by Gasteiger charge is 2.27. The van der Waals surface area contributed by atoms with Gasteiger partial charge in [0.25, 0.3) is 6.47 Å². The zero-order valence-electron chi connectivity index (χ0n) is 18.7. The average Bonchev–Trinajstić information content (AvgIpc) is 3.22. The summed E-state index contributed by atoms with van der Waals surface area (Å²) < 4.78 is 11.5. The molecule has 0 saturated carbocycles. The molecular weight excluding hydrogens is 459 g/mol. The summed E-state index contributed by atoms with van der Waals surface area (Å²) in [4.78, 5) is 17.9. The predicted molar refractivity (Wildman–Crippen MR) is 133 cm³/mol. The lowest BCUT2D eigenvalue weighted by atomic mass is 9.97. The summed E-state index contributed by atoms with van der Waals surface area (Å²) in [6.07, 6.45) is 0.978. The maximum absolute atomic E-state index is 11.2. The Labute approximate surface area is 206 Å². The molecule has 7 heteroatoms. The van der Waals surface area contributed by atoms with Gasteiger partial charge in [0.2, 0.25) is 0 Å². The van der Waals surface area contributed by atoms with E-state index in [0.717, 1.165) is 48.6 Å². The molecule has 174 valence electrons. The van der Waals surface area contributed by atoms with Crippen molar-refractivity contribution in [3.63, 3.8) is 0 Å². The molecule has 0 spiro atoms. The number of pyridine rings is 1. The van der Waals surface area contributed by atoms with Crippen LogP contribution in [0.2, 0.25) is 5.15 Å². The van der Waals surface area contributed by atoms with Crippen molar-refractivity contribution < 1.29 is 14.3 Å². The van der Waals surface area contributed by atoms with Crippen LogP contribution in [0.1, 0.15) is 48.9 Å². The number of nitrogens with zero attached hydrogens (tertiary/aromatic N) is 2. The van der Waals surface area contributed by atoms with Gasteiger partial charge in [-0.05, 0) is 54.3 Å². The van der Waals surface area contributed by atoms with Gasteiger partial charge in [-0.25, -0.2) is 4.98 Å². The van der Waals surface area contributed by atoms with Crippen molar-refractivity contribution in [2.24, 2.45) is 0 Å². The van der Waals surface area contributed by atoms with Gasteiger partial charge in [-0.3, -0.25) is 9.69 Å². The van der Waals surface area contributed by atoms with Gasteiger partial charge in [0.05, 0.1) is 5.69 Å². The molecule has 5 nitrogen and oxygen atoms in total. The van der Waals surface area contributed by atoms with Crippen LogP contribution >= 0.6 is 24.0 Å². The Hall–Kier alpha value is -2.60. The summed E-state index contributed by atoms with van der Waals surface area (Å²) in [7, 11) is 0. The number of aromatic nitrogens is 1. The van der Waals surface area contributed by atoms with Crippen molar-refractivity contribution in [2.45, 2.75) is 38.6 Å². The molecule has 1 unspecified atom stereocenters. The number of benzene rings is 2. The minimum atomic E-state index is 0. The summed E-state index contributed by atoms with van der Waals surface area (Å²) in [6, 6.07) is 19.5. The summed E-state index contributed by atoms with van der Waals surface area (Å²) in [5.41, 5.74) is 3.11. The molecule has 1 aliphatic heterocycles. The summed E-state index contributed by atoms with van der Waals surface area (Å²) in [6.45, 7) is 7.30. The van der Waals surface area contributed by atoms with Crippen LogP contribution in [0.5, 0.6) is 17.2 Å². The first-order valence-electron chi connectivity index (χ1n) is 10.9. The van der Waals surface area contributed by atoms with Crippen molar-refractivity contribution in [3.8, 4) is 17.2 Å². The summed E-state index contributed by atoms with van der Waals surface area (Å²) in [5.74, 6) is 2.62. The smallest absolute Gasteiger partial charge is 0.298 e. The van der Waals surface area contributed by atoms with E-state index in [1.165, 1.54) is 0 Å². The molecule has 2 aromatic carbocycles. The Morgan fingerprint density at radius 2 is 1.94 bits per heavy atom. The first-order chi connectivity index (χ1) is 15.5. The van der Waals surface area contributed by atoms with Gasteiger partial charge in [0.1, 0.15) is 22.4 Å². The highest BCUT2D eigenvalue weighted by atomic mass is 35.5. The molecule has 0 aliphatic carbocycles. The zero-order valence-corrected chi connectivity index (χ0v) is 20.3. The Kier molecular flexibility index (Phi) is 8.73. The van der Waals surface area contributed by atoms with Crippen LogP contribution in [0, 0.1) is 0 Å². The van der Waals surface area contributed by atoms with Gasteiger partial charge < -0.3 is 9.47 Å². The van der Waals surface area contributed by atoms with Gasteiger partial charge in [0.15, 0.2) is 0 Å². The third-order valence-corrected chi connectivity index (χ3v) is 6.01. The number of para-hydroxylation sites is 1. The van der Waals surface area contributed by atoms with Crippen molar-refractivity contribution >= 4 is 30.5 Å². The lowest BCUT2D eigenvalue weighted by molar-refractivity contribution is -0.120. The second kappa shape index (κ2) is 11.5.